The van der Waals surface area contributed by atoms with Crippen LogP contribution in [0.4, 0.5) is 10.1 Å². The van der Waals surface area contributed by atoms with Gasteiger partial charge in [-0.25, -0.2) is 9.18 Å². The van der Waals surface area contributed by atoms with Crippen molar-refractivity contribution in [3.63, 3.8) is 0 Å². The normalized spacial score (nSPS) is 9.86. The summed E-state index contributed by atoms with van der Waals surface area (Å²) in [6, 6.07) is 2.02. The minimum Gasteiger partial charge on any atom is -0.491 e. The molecule has 3 N–H and O–H groups in total. The van der Waals surface area contributed by atoms with Crippen molar-refractivity contribution in [1.82, 2.24) is 0 Å². The van der Waals surface area contributed by atoms with E-state index in [1.54, 1.807) is 6.92 Å². The molecule has 0 radical (unpaired) electrons. The van der Waals surface area contributed by atoms with Gasteiger partial charge < -0.3 is 15.6 Å². The molecule has 0 saturated heterocycles. The molecular weight excluding hydrogens is 189 g/mol. The zero-order valence-electron chi connectivity index (χ0n) is 7.58. The van der Waals surface area contributed by atoms with Crippen molar-refractivity contribution in [2.75, 3.05) is 12.3 Å². The number of nitrogens with two attached hydrogens (primary N) is 1. The molecule has 1 aromatic rings. The van der Waals surface area contributed by atoms with Crippen LogP contribution in [0.5, 0.6) is 5.75 Å². The zero-order valence-corrected chi connectivity index (χ0v) is 7.58. The molecule has 0 spiro atoms. The minimum absolute atomic E-state index is 0.0981. The van der Waals surface area contributed by atoms with Gasteiger partial charge in [0, 0.05) is 11.8 Å². The van der Waals surface area contributed by atoms with E-state index in [1.165, 1.54) is 0 Å². The van der Waals surface area contributed by atoms with E-state index in [-0.39, 0.29) is 23.6 Å². The van der Waals surface area contributed by atoms with E-state index >= 15 is 0 Å². The number of ether oxygens (including phenoxy) is 1. The second-order valence-electron chi connectivity index (χ2n) is 2.61. The first-order chi connectivity index (χ1) is 6.56. The minimum atomic E-state index is -1.21. The number of carboxylic acids is 1. The van der Waals surface area contributed by atoms with Crippen LogP contribution in [0.1, 0.15) is 17.3 Å². The Kier molecular flexibility index (Phi) is 2.91. The average Bonchev–Trinajstić information content (AvgIpc) is 2.09. The Morgan fingerprint density at radius 2 is 2.29 bits per heavy atom. The largest absolute Gasteiger partial charge is 0.491 e. The third-order valence-corrected chi connectivity index (χ3v) is 1.63. The smallest absolute Gasteiger partial charge is 0.337 e. The highest BCUT2D eigenvalue weighted by atomic mass is 19.1. The molecule has 1 aromatic carbocycles. The number of rotatable bonds is 3. The molecule has 4 nitrogen and oxygen atoms in total. The van der Waals surface area contributed by atoms with Crippen LogP contribution in [0.15, 0.2) is 12.1 Å². The topological polar surface area (TPSA) is 72.5 Å². The van der Waals surface area contributed by atoms with E-state index in [2.05, 4.69) is 0 Å². The Morgan fingerprint density at radius 1 is 1.64 bits per heavy atom. The van der Waals surface area contributed by atoms with Crippen molar-refractivity contribution < 1.29 is 19.0 Å². The molecule has 0 bridgehead atoms. The molecule has 1 rings (SSSR count). The fourth-order valence-electron chi connectivity index (χ4n) is 1.02. The van der Waals surface area contributed by atoms with Crippen LogP contribution in [-0.4, -0.2) is 17.7 Å². The molecule has 0 atom stereocenters. The van der Waals surface area contributed by atoms with Crippen LogP contribution in [0.25, 0.3) is 0 Å². The summed E-state index contributed by atoms with van der Waals surface area (Å²) in [5.74, 6) is -1.96. The summed E-state index contributed by atoms with van der Waals surface area (Å²) in [6.45, 7) is 1.94. The highest BCUT2D eigenvalue weighted by molar-refractivity contribution is 5.94. The van der Waals surface area contributed by atoms with Crippen LogP contribution >= 0.6 is 0 Å². The number of nitrogen functional groups attached to an aromatic ring is 1. The lowest BCUT2D eigenvalue weighted by Gasteiger charge is -2.07. The molecule has 0 aromatic heterocycles. The summed E-state index contributed by atoms with van der Waals surface area (Å²) in [6.07, 6.45) is 0. The molecule has 0 fully saturated rings. The Hall–Kier alpha value is -1.78. The molecule has 0 aliphatic rings. The van der Waals surface area contributed by atoms with E-state index < -0.39 is 11.8 Å². The van der Waals surface area contributed by atoms with Gasteiger partial charge in [0.1, 0.15) is 0 Å². The number of anilines is 1. The summed E-state index contributed by atoms with van der Waals surface area (Å²) in [4.78, 5) is 10.6. The maximum atomic E-state index is 13.1. The van der Waals surface area contributed by atoms with Crippen molar-refractivity contribution in [2.45, 2.75) is 6.92 Å². The van der Waals surface area contributed by atoms with Gasteiger partial charge in [-0.05, 0) is 13.0 Å². The van der Waals surface area contributed by atoms with Gasteiger partial charge in [-0.1, -0.05) is 0 Å². The van der Waals surface area contributed by atoms with Gasteiger partial charge in [-0.15, -0.1) is 0 Å². The fraction of sp³-hybridized carbons (Fsp3) is 0.222. The number of carboxylic acid groups (broad SMARTS) is 1. The van der Waals surface area contributed by atoms with Gasteiger partial charge in [0.05, 0.1) is 12.2 Å². The van der Waals surface area contributed by atoms with Crippen LogP contribution in [0.3, 0.4) is 0 Å². The lowest BCUT2D eigenvalue weighted by Crippen LogP contribution is -2.05. The Morgan fingerprint density at radius 3 is 2.79 bits per heavy atom. The summed E-state index contributed by atoms with van der Waals surface area (Å²) in [5.41, 5.74) is 5.04. The maximum Gasteiger partial charge on any atom is 0.337 e. The molecule has 0 unspecified atom stereocenters. The van der Waals surface area contributed by atoms with Gasteiger partial charge in [0.2, 0.25) is 0 Å². The second kappa shape index (κ2) is 3.95. The summed E-state index contributed by atoms with van der Waals surface area (Å²) < 4.78 is 18.0. The number of hydrogen-bond acceptors (Lipinski definition) is 3. The van der Waals surface area contributed by atoms with Crippen LogP contribution in [-0.2, 0) is 0 Å². The van der Waals surface area contributed by atoms with Crippen LogP contribution in [0.2, 0.25) is 0 Å². The van der Waals surface area contributed by atoms with Crippen molar-refractivity contribution in [3.8, 4) is 5.75 Å². The van der Waals surface area contributed by atoms with Gasteiger partial charge in [0.25, 0.3) is 0 Å². The highest BCUT2D eigenvalue weighted by Gasteiger charge is 2.13. The Labute approximate surface area is 80.1 Å². The molecular formula is C9H10FNO3. The van der Waals surface area contributed by atoms with Gasteiger partial charge in [-0.2, -0.15) is 0 Å². The van der Waals surface area contributed by atoms with Crippen molar-refractivity contribution in [2.24, 2.45) is 0 Å². The molecule has 0 aliphatic carbocycles. The molecule has 76 valence electrons. The third-order valence-electron chi connectivity index (χ3n) is 1.63. The lowest BCUT2D eigenvalue weighted by molar-refractivity contribution is 0.0697. The molecule has 0 amide bonds. The molecule has 0 heterocycles. The second-order valence-corrected chi connectivity index (χ2v) is 2.61. The lowest BCUT2D eigenvalue weighted by atomic mass is 10.1. The van der Waals surface area contributed by atoms with E-state index in [0.29, 0.717) is 0 Å². The summed E-state index contributed by atoms with van der Waals surface area (Å²) in [7, 11) is 0. The van der Waals surface area contributed by atoms with Gasteiger partial charge >= 0.3 is 5.97 Å². The number of halogens is 1. The monoisotopic (exact) mass is 199 g/mol. The Bertz CT molecular complexity index is 365. The first-order valence-electron chi connectivity index (χ1n) is 4.01. The third kappa shape index (κ3) is 1.93. The average molecular weight is 199 g/mol. The standard InChI is InChI=1S/C9H10FNO3/c1-2-14-8-3-5(9(12)13)7(11)4-6(8)10/h3-4H,2,11H2,1H3,(H,12,13). The van der Waals surface area contributed by atoms with Gasteiger partial charge in [-0.3, -0.25) is 0 Å². The SMILES string of the molecule is CCOc1cc(C(=O)O)c(N)cc1F. The molecule has 0 aliphatic heterocycles. The van der Waals surface area contributed by atoms with Crippen molar-refractivity contribution >= 4 is 11.7 Å². The number of benzene rings is 1. The number of aromatic carboxylic acids is 1. The molecule has 5 heteroatoms. The predicted molar refractivity (Wildman–Crippen MR) is 48.9 cm³/mol. The highest BCUT2D eigenvalue weighted by Crippen LogP contribution is 2.24. The van der Waals surface area contributed by atoms with Crippen LogP contribution < -0.4 is 10.5 Å². The number of hydrogen-bond donors (Lipinski definition) is 2. The maximum absolute atomic E-state index is 13.1. The fourth-order valence-corrected chi connectivity index (χ4v) is 1.02. The number of carbonyl (C=O) groups is 1. The summed E-state index contributed by atoms with van der Waals surface area (Å²) >= 11 is 0. The van der Waals surface area contributed by atoms with E-state index in [4.69, 9.17) is 15.6 Å². The van der Waals surface area contributed by atoms with Crippen LogP contribution in [0, 0.1) is 5.82 Å². The van der Waals surface area contributed by atoms with Gasteiger partial charge in [0.15, 0.2) is 11.6 Å². The van der Waals surface area contributed by atoms with E-state index in [0.717, 1.165) is 12.1 Å². The molecule has 14 heavy (non-hydrogen) atoms. The molecule has 0 saturated carbocycles. The first kappa shape index (κ1) is 10.3. The predicted octanol–water partition coefficient (Wildman–Crippen LogP) is 1.50. The first-order valence-corrected chi connectivity index (χ1v) is 4.01. The van der Waals surface area contributed by atoms with E-state index in [1.807, 2.05) is 0 Å². The van der Waals surface area contributed by atoms with Crippen molar-refractivity contribution in [3.05, 3.63) is 23.5 Å². The summed E-state index contributed by atoms with van der Waals surface area (Å²) in [5, 5.41) is 8.69. The quantitative estimate of drug-likeness (QED) is 0.723. The Balaban J connectivity index is 3.20. The zero-order chi connectivity index (χ0) is 10.7. The van der Waals surface area contributed by atoms with E-state index in [9.17, 15) is 9.18 Å². The van der Waals surface area contributed by atoms with Crippen molar-refractivity contribution in [1.29, 1.82) is 0 Å².